The molecule has 0 aromatic heterocycles. The third kappa shape index (κ3) is 16.8. The van der Waals surface area contributed by atoms with Crippen molar-refractivity contribution >= 4 is 12.2 Å². The fraction of sp³-hybridized carbons (Fsp3) is 0.565. The summed E-state index contributed by atoms with van der Waals surface area (Å²) in [6.07, 6.45) is 2.40. The third-order valence-electron chi connectivity index (χ3n) is 4.00. The van der Waals surface area contributed by atoms with Crippen LogP contribution in [-0.2, 0) is 51.2 Å². The van der Waals surface area contributed by atoms with Gasteiger partial charge in [-0.3, -0.25) is 0 Å². The van der Waals surface area contributed by atoms with Crippen LogP contribution in [0.3, 0.4) is 0 Å². The van der Waals surface area contributed by atoms with Crippen molar-refractivity contribution in [3.8, 4) is 0 Å². The van der Waals surface area contributed by atoms with E-state index in [0.717, 1.165) is 11.1 Å². The number of rotatable bonds is 22. The lowest BCUT2D eigenvalue weighted by molar-refractivity contribution is -0.140. The highest BCUT2D eigenvalue weighted by atomic mass is 16.6. The zero-order valence-corrected chi connectivity index (χ0v) is 19.0. The number of carbonyl (C=O) groups is 1. The smallest absolute Gasteiger partial charge is 0.413 e. The van der Waals surface area contributed by atoms with E-state index < -0.39 is 5.97 Å². The molecular formula is C23H34N2O8. The standard InChI is InChI=1S/C23H34N2O8/c1-2-7-27-8-9-28-10-11-29-12-13-30-14-15-31-16-17-32-19-21-5-3-4-6-22(21)20-33-23(26)18-25-24/h2-6,18H,1,7-17,19-20H2. The molecule has 0 aliphatic carbocycles. The van der Waals surface area contributed by atoms with E-state index in [1.807, 2.05) is 24.3 Å². The molecule has 33 heavy (non-hydrogen) atoms. The van der Waals surface area contributed by atoms with Crippen LogP contribution in [0.25, 0.3) is 5.53 Å². The maximum atomic E-state index is 11.3. The molecule has 0 atom stereocenters. The van der Waals surface area contributed by atoms with Gasteiger partial charge >= 0.3 is 12.2 Å². The first-order valence-corrected chi connectivity index (χ1v) is 10.8. The van der Waals surface area contributed by atoms with Gasteiger partial charge in [-0.15, -0.1) is 6.58 Å². The van der Waals surface area contributed by atoms with Crippen molar-refractivity contribution in [2.24, 2.45) is 0 Å². The van der Waals surface area contributed by atoms with Crippen LogP contribution in [0.4, 0.5) is 0 Å². The van der Waals surface area contributed by atoms with Crippen molar-refractivity contribution in [1.29, 1.82) is 0 Å². The monoisotopic (exact) mass is 466 g/mol. The zero-order chi connectivity index (χ0) is 23.8. The first-order chi connectivity index (χ1) is 16.3. The Morgan fingerprint density at radius 1 is 0.758 bits per heavy atom. The Morgan fingerprint density at radius 3 is 1.70 bits per heavy atom. The minimum atomic E-state index is -0.717. The van der Waals surface area contributed by atoms with Gasteiger partial charge in [0.25, 0.3) is 0 Å². The Labute approximate surface area is 194 Å². The first-order valence-electron chi connectivity index (χ1n) is 10.8. The summed E-state index contributed by atoms with van der Waals surface area (Å²) in [5.41, 5.74) is 10.0. The molecule has 0 bridgehead atoms. The molecule has 0 aliphatic heterocycles. The van der Waals surface area contributed by atoms with Crippen LogP contribution >= 0.6 is 0 Å². The second-order valence-electron chi connectivity index (χ2n) is 6.49. The second-order valence-corrected chi connectivity index (χ2v) is 6.49. The molecule has 10 heteroatoms. The number of benzene rings is 1. The highest BCUT2D eigenvalue weighted by Crippen LogP contribution is 2.11. The van der Waals surface area contributed by atoms with E-state index in [-0.39, 0.29) is 6.61 Å². The molecule has 0 fully saturated rings. The predicted molar refractivity (Wildman–Crippen MR) is 120 cm³/mol. The number of ether oxygens (including phenoxy) is 7. The van der Waals surface area contributed by atoms with Gasteiger partial charge in [0.05, 0.1) is 79.3 Å². The molecule has 0 amide bonds. The van der Waals surface area contributed by atoms with E-state index >= 15 is 0 Å². The van der Waals surface area contributed by atoms with E-state index in [4.69, 9.17) is 38.7 Å². The van der Waals surface area contributed by atoms with Crippen LogP contribution in [0.5, 0.6) is 0 Å². The van der Waals surface area contributed by atoms with E-state index in [0.29, 0.717) is 85.5 Å². The fourth-order valence-corrected chi connectivity index (χ4v) is 2.42. The molecule has 10 nitrogen and oxygen atoms in total. The zero-order valence-electron chi connectivity index (χ0n) is 19.0. The Bertz CT molecular complexity index is 695. The molecule has 0 saturated heterocycles. The van der Waals surface area contributed by atoms with Gasteiger partial charge in [-0.1, -0.05) is 30.3 Å². The Kier molecular flexibility index (Phi) is 18.6. The lowest BCUT2D eigenvalue weighted by Gasteiger charge is -2.10. The molecule has 0 radical (unpaired) electrons. The topological polar surface area (TPSA) is 118 Å². The molecule has 184 valence electrons. The summed E-state index contributed by atoms with van der Waals surface area (Å²) in [6, 6.07) is 7.46. The van der Waals surface area contributed by atoms with Gasteiger partial charge < -0.3 is 38.7 Å². The SMILES string of the molecule is C=CCOCCOCCOCCOCCOCCOCc1ccccc1COC(=O)C=[N+]=[N-]. The summed E-state index contributed by atoms with van der Waals surface area (Å²) in [4.78, 5) is 13.9. The molecule has 1 rings (SSSR count). The summed E-state index contributed by atoms with van der Waals surface area (Å²) in [7, 11) is 0. The number of hydrogen-bond acceptors (Lipinski definition) is 8. The minimum absolute atomic E-state index is 0.0695. The van der Waals surface area contributed by atoms with Gasteiger partial charge in [0.2, 0.25) is 0 Å². The summed E-state index contributed by atoms with van der Waals surface area (Å²) in [5.74, 6) is -0.717. The predicted octanol–water partition coefficient (Wildman–Crippen LogP) is 1.82. The van der Waals surface area contributed by atoms with Gasteiger partial charge in [-0.2, -0.15) is 4.79 Å². The first kappa shape index (κ1) is 28.6. The summed E-state index contributed by atoms with van der Waals surface area (Å²) in [5, 5.41) is 0. The lowest BCUT2D eigenvalue weighted by Crippen LogP contribution is -2.14. The molecular weight excluding hydrogens is 432 g/mol. The number of nitrogens with zero attached hydrogens (tertiary/aromatic N) is 2. The molecule has 0 aliphatic rings. The van der Waals surface area contributed by atoms with Crippen LogP contribution in [0, 0.1) is 0 Å². The van der Waals surface area contributed by atoms with Crippen LogP contribution in [0.1, 0.15) is 11.1 Å². The molecule has 0 saturated carbocycles. The van der Waals surface area contributed by atoms with Crippen molar-refractivity contribution in [1.82, 2.24) is 0 Å². The lowest BCUT2D eigenvalue weighted by atomic mass is 10.1. The van der Waals surface area contributed by atoms with E-state index in [1.54, 1.807) is 6.08 Å². The molecule has 1 aromatic rings. The van der Waals surface area contributed by atoms with E-state index in [9.17, 15) is 4.79 Å². The normalized spacial score (nSPS) is 10.5. The van der Waals surface area contributed by atoms with Gasteiger partial charge in [0.1, 0.15) is 6.61 Å². The van der Waals surface area contributed by atoms with Gasteiger partial charge in [-0.25, -0.2) is 4.79 Å². The van der Waals surface area contributed by atoms with Crippen molar-refractivity contribution in [3.63, 3.8) is 0 Å². The highest BCUT2D eigenvalue weighted by Gasteiger charge is 2.07. The van der Waals surface area contributed by atoms with E-state index in [2.05, 4.69) is 11.4 Å². The molecule has 1 aromatic carbocycles. The summed E-state index contributed by atoms with van der Waals surface area (Å²) < 4.78 is 37.5. The quantitative estimate of drug-likeness (QED) is 0.0634. The molecule has 0 spiro atoms. The van der Waals surface area contributed by atoms with Crippen molar-refractivity contribution in [3.05, 3.63) is 53.6 Å². The number of esters is 1. The van der Waals surface area contributed by atoms with Crippen LogP contribution < -0.4 is 0 Å². The maximum Gasteiger partial charge on any atom is 0.413 e. The fourth-order valence-electron chi connectivity index (χ4n) is 2.42. The van der Waals surface area contributed by atoms with Crippen molar-refractivity contribution < 1.29 is 42.7 Å². The van der Waals surface area contributed by atoms with Crippen LogP contribution in [0.2, 0.25) is 0 Å². The van der Waals surface area contributed by atoms with Gasteiger partial charge in [-0.05, 0) is 11.1 Å². The third-order valence-corrected chi connectivity index (χ3v) is 4.00. The highest BCUT2D eigenvalue weighted by molar-refractivity contribution is 6.20. The number of hydrogen-bond donors (Lipinski definition) is 0. The molecule has 0 unspecified atom stereocenters. The molecule has 0 heterocycles. The second kappa shape index (κ2) is 21.4. The minimum Gasteiger partial charge on any atom is -0.452 e. The van der Waals surface area contributed by atoms with Gasteiger partial charge in [0, 0.05) is 0 Å². The van der Waals surface area contributed by atoms with Crippen LogP contribution in [0.15, 0.2) is 36.9 Å². The largest absolute Gasteiger partial charge is 0.452 e. The van der Waals surface area contributed by atoms with Crippen molar-refractivity contribution in [2.45, 2.75) is 13.2 Å². The van der Waals surface area contributed by atoms with Crippen LogP contribution in [-0.4, -0.2) is 89.6 Å². The van der Waals surface area contributed by atoms with Crippen molar-refractivity contribution in [2.75, 3.05) is 72.7 Å². The average Bonchev–Trinajstić information content (AvgIpc) is 2.83. The van der Waals surface area contributed by atoms with E-state index in [1.165, 1.54) is 0 Å². The number of carbonyl (C=O) groups excluding carboxylic acids is 1. The molecule has 0 N–H and O–H groups in total. The summed E-state index contributed by atoms with van der Waals surface area (Å²) in [6.45, 7) is 9.47. The Balaban J connectivity index is 1.92. The maximum absolute atomic E-state index is 11.3. The average molecular weight is 467 g/mol. The Morgan fingerprint density at radius 2 is 1.21 bits per heavy atom. The summed E-state index contributed by atoms with van der Waals surface area (Å²) >= 11 is 0. The Hall–Kier alpha value is -2.43. The van der Waals surface area contributed by atoms with Gasteiger partial charge in [0.15, 0.2) is 0 Å².